The van der Waals surface area contributed by atoms with Crippen molar-refractivity contribution in [3.05, 3.63) is 29.6 Å². The SMILES string of the molecule is CN(C)CC1CCC(CNCc2cc(C=O)ccn2)CC1. The lowest BCUT2D eigenvalue weighted by atomic mass is 9.82. The van der Waals surface area contributed by atoms with Gasteiger partial charge in [-0.3, -0.25) is 9.78 Å². The number of carbonyl (C=O) groups excluding carboxylic acids is 1. The average molecular weight is 289 g/mol. The van der Waals surface area contributed by atoms with E-state index in [1.807, 2.05) is 6.07 Å². The smallest absolute Gasteiger partial charge is 0.150 e. The van der Waals surface area contributed by atoms with Crippen LogP contribution in [0.25, 0.3) is 0 Å². The normalized spacial score (nSPS) is 22.4. The predicted molar refractivity (Wildman–Crippen MR) is 85.3 cm³/mol. The zero-order valence-electron chi connectivity index (χ0n) is 13.2. The van der Waals surface area contributed by atoms with Gasteiger partial charge in [0.15, 0.2) is 0 Å². The van der Waals surface area contributed by atoms with Crippen LogP contribution in [-0.2, 0) is 6.54 Å². The van der Waals surface area contributed by atoms with Crippen LogP contribution in [0.3, 0.4) is 0 Å². The van der Waals surface area contributed by atoms with Crippen LogP contribution in [0.5, 0.6) is 0 Å². The summed E-state index contributed by atoms with van der Waals surface area (Å²) in [6.07, 6.45) is 7.93. The van der Waals surface area contributed by atoms with Crippen molar-refractivity contribution in [2.24, 2.45) is 11.8 Å². The lowest BCUT2D eigenvalue weighted by Crippen LogP contribution is -2.30. The highest BCUT2D eigenvalue weighted by Gasteiger charge is 2.21. The maximum atomic E-state index is 10.7. The molecule has 1 aliphatic rings. The topological polar surface area (TPSA) is 45.2 Å². The van der Waals surface area contributed by atoms with Gasteiger partial charge < -0.3 is 10.2 Å². The van der Waals surface area contributed by atoms with Gasteiger partial charge >= 0.3 is 0 Å². The van der Waals surface area contributed by atoms with Gasteiger partial charge in [-0.1, -0.05) is 0 Å². The summed E-state index contributed by atoms with van der Waals surface area (Å²) >= 11 is 0. The van der Waals surface area contributed by atoms with E-state index in [1.165, 1.54) is 32.2 Å². The van der Waals surface area contributed by atoms with Crippen LogP contribution in [0, 0.1) is 11.8 Å². The molecular formula is C17H27N3O. The number of aldehydes is 1. The van der Waals surface area contributed by atoms with Gasteiger partial charge in [-0.15, -0.1) is 0 Å². The van der Waals surface area contributed by atoms with Gasteiger partial charge in [0, 0.05) is 24.8 Å². The van der Waals surface area contributed by atoms with Crippen LogP contribution in [0.2, 0.25) is 0 Å². The first-order valence-corrected chi connectivity index (χ1v) is 7.93. The molecule has 116 valence electrons. The maximum Gasteiger partial charge on any atom is 0.150 e. The molecular weight excluding hydrogens is 262 g/mol. The van der Waals surface area contributed by atoms with E-state index in [2.05, 4.69) is 29.3 Å². The molecule has 1 heterocycles. The molecule has 0 radical (unpaired) electrons. The third kappa shape index (κ3) is 5.56. The molecule has 1 aliphatic carbocycles. The van der Waals surface area contributed by atoms with Gasteiger partial charge in [0.05, 0.1) is 5.69 Å². The van der Waals surface area contributed by atoms with Crippen LogP contribution in [0.15, 0.2) is 18.3 Å². The number of hydrogen-bond acceptors (Lipinski definition) is 4. The Kier molecular flexibility index (Phi) is 6.33. The molecule has 0 saturated heterocycles. The van der Waals surface area contributed by atoms with Crippen LogP contribution in [0.1, 0.15) is 41.7 Å². The predicted octanol–water partition coefficient (Wildman–Crippen LogP) is 2.35. The second-order valence-corrected chi connectivity index (χ2v) is 6.48. The molecule has 0 unspecified atom stereocenters. The Morgan fingerprint density at radius 2 is 2.00 bits per heavy atom. The molecule has 1 N–H and O–H groups in total. The van der Waals surface area contributed by atoms with Crippen LogP contribution >= 0.6 is 0 Å². The lowest BCUT2D eigenvalue weighted by Gasteiger charge is -2.30. The van der Waals surface area contributed by atoms with Crippen molar-refractivity contribution in [3.63, 3.8) is 0 Å². The van der Waals surface area contributed by atoms with Gasteiger partial charge in [-0.2, -0.15) is 0 Å². The molecule has 1 aromatic heterocycles. The molecule has 1 aromatic rings. The summed E-state index contributed by atoms with van der Waals surface area (Å²) in [6, 6.07) is 3.59. The fraction of sp³-hybridized carbons (Fsp3) is 0.647. The number of aromatic nitrogens is 1. The van der Waals surface area contributed by atoms with Crippen LogP contribution in [-0.4, -0.2) is 43.4 Å². The highest BCUT2D eigenvalue weighted by atomic mass is 16.1. The van der Waals surface area contributed by atoms with Gasteiger partial charge in [0.1, 0.15) is 6.29 Å². The van der Waals surface area contributed by atoms with Crippen molar-refractivity contribution in [1.29, 1.82) is 0 Å². The molecule has 4 heteroatoms. The third-order valence-electron chi connectivity index (χ3n) is 4.31. The van der Waals surface area contributed by atoms with Crippen LogP contribution in [0.4, 0.5) is 0 Å². The highest BCUT2D eigenvalue weighted by molar-refractivity contribution is 5.74. The van der Waals surface area contributed by atoms with Gasteiger partial charge in [0.2, 0.25) is 0 Å². The number of hydrogen-bond donors (Lipinski definition) is 1. The quantitative estimate of drug-likeness (QED) is 0.783. The summed E-state index contributed by atoms with van der Waals surface area (Å²) in [5.41, 5.74) is 1.65. The molecule has 0 spiro atoms. The highest BCUT2D eigenvalue weighted by Crippen LogP contribution is 2.28. The van der Waals surface area contributed by atoms with Crippen molar-refractivity contribution in [2.45, 2.75) is 32.2 Å². The fourth-order valence-electron chi connectivity index (χ4n) is 3.21. The van der Waals surface area contributed by atoms with E-state index in [9.17, 15) is 4.79 Å². The van der Waals surface area contributed by atoms with Crippen molar-refractivity contribution in [1.82, 2.24) is 15.2 Å². The Morgan fingerprint density at radius 1 is 1.29 bits per heavy atom. The molecule has 2 rings (SSSR count). The molecule has 21 heavy (non-hydrogen) atoms. The van der Waals surface area contributed by atoms with Crippen molar-refractivity contribution >= 4 is 6.29 Å². The first-order valence-electron chi connectivity index (χ1n) is 7.93. The van der Waals surface area contributed by atoms with E-state index in [1.54, 1.807) is 12.3 Å². The zero-order valence-corrected chi connectivity index (χ0v) is 13.2. The Labute approximate surface area is 127 Å². The number of pyridine rings is 1. The molecule has 0 aliphatic heterocycles. The van der Waals surface area contributed by atoms with E-state index in [-0.39, 0.29) is 0 Å². The minimum Gasteiger partial charge on any atom is -0.311 e. The van der Waals surface area contributed by atoms with Gasteiger partial charge in [-0.25, -0.2) is 0 Å². The lowest BCUT2D eigenvalue weighted by molar-refractivity contribution is 0.112. The fourth-order valence-corrected chi connectivity index (χ4v) is 3.21. The van der Waals surface area contributed by atoms with Crippen molar-refractivity contribution < 1.29 is 4.79 Å². The van der Waals surface area contributed by atoms with Crippen LogP contribution < -0.4 is 5.32 Å². The summed E-state index contributed by atoms with van der Waals surface area (Å²) in [6.45, 7) is 3.03. The van der Waals surface area contributed by atoms with Crippen molar-refractivity contribution in [3.8, 4) is 0 Å². The molecule has 4 nitrogen and oxygen atoms in total. The van der Waals surface area contributed by atoms with Gasteiger partial charge in [-0.05, 0) is 70.3 Å². The number of nitrogens with one attached hydrogen (secondary N) is 1. The number of nitrogens with zero attached hydrogens (tertiary/aromatic N) is 2. The monoisotopic (exact) mass is 289 g/mol. The summed E-state index contributed by atoms with van der Waals surface area (Å²) in [4.78, 5) is 17.3. The summed E-state index contributed by atoms with van der Waals surface area (Å²) in [7, 11) is 4.32. The first kappa shape index (κ1) is 16.1. The standard InChI is InChI=1S/C17H27N3O/c1-20(2)12-15-5-3-14(4-6-15)10-18-11-17-9-16(13-21)7-8-19-17/h7-9,13-15,18H,3-6,10-12H2,1-2H3. The largest absolute Gasteiger partial charge is 0.311 e. The van der Waals surface area contributed by atoms with E-state index in [4.69, 9.17) is 0 Å². The Balaban J connectivity index is 1.66. The Bertz CT molecular complexity index is 439. The Hall–Kier alpha value is -1.26. The molecule has 0 aromatic carbocycles. The molecule has 0 amide bonds. The minimum atomic E-state index is 0.700. The minimum absolute atomic E-state index is 0.700. The molecule has 1 fully saturated rings. The maximum absolute atomic E-state index is 10.7. The van der Waals surface area contributed by atoms with Crippen molar-refractivity contribution in [2.75, 3.05) is 27.2 Å². The Morgan fingerprint density at radius 3 is 2.67 bits per heavy atom. The second-order valence-electron chi connectivity index (χ2n) is 6.48. The van der Waals surface area contributed by atoms with Gasteiger partial charge in [0.25, 0.3) is 0 Å². The third-order valence-corrected chi connectivity index (χ3v) is 4.31. The second kappa shape index (κ2) is 8.25. The molecule has 1 saturated carbocycles. The van der Waals surface area contributed by atoms with E-state index in [0.717, 1.165) is 36.9 Å². The summed E-state index contributed by atoms with van der Waals surface area (Å²) < 4.78 is 0. The van der Waals surface area contributed by atoms with E-state index >= 15 is 0 Å². The molecule has 0 atom stereocenters. The summed E-state index contributed by atoms with van der Waals surface area (Å²) in [5.74, 6) is 1.67. The number of rotatable bonds is 7. The molecule has 0 bridgehead atoms. The first-order chi connectivity index (χ1) is 10.2. The van der Waals surface area contributed by atoms with E-state index in [0.29, 0.717) is 5.56 Å². The summed E-state index contributed by atoms with van der Waals surface area (Å²) in [5, 5.41) is 3.49. The zero-order chi connectivity index (χ0) is 15.1. The van der Waals surface area contributed by atoms with E-state index < -0.39 is 0 Å². The number of carbonyl (C=O) groups is 1. The average Bonchev–Trinajstić information content (AvgIpc) is 2.49.